The van der Waals surface area contributed by atoms with E-state index in [0.717, 1.165) is 37.3 Å². The van der Waals surface area contributed by atoms with Crippen LogP contribution in [0.2, 0.25) is 0 Å². The SMILES string of the molecule is Cc1ccccc1C(=O)N[C@H]1CC[C@@H](Nc2cc(C(F)(F)F)nc3ccccc23)CC1. The maximum atomic E-state index is 13.3. The summed E-state index contributed by atoms with van der Waals surface area (Å²) in [5, 5.41) is 7.06. The summed E-state index contributed by atoms with van der Waals surface area (Å²) in [7, 11) is 0. The molecule has 1 aliphatic carbocycles. The Morgan fingerprint density at radius 1 is 0.968 bits per heavy atom. The van der Waals surface area contributed by atoms with E-state index in [4.69, 9.17) is 0 Å². The molecule has 0 bridgehead atoms. The Hall–Kier alpha value is -3.09. The van der Waals surface area contributed by atoms with Crippen molar-refractivity contribution in [3.05, 3.63) is 71.4 Å². The van der Waals surface area contributed by atoms with Crippen molar-refractivity contribution in [3.63, 3.8) is 0 Å². The van der Waals surface area contributed by atoms with Gasteiger partial charge in [-0.3, -0.25) is 4.79 Å². The van der Waals surface area contributed by atoms with Crippen LogP contribution in [0.3, 0.4) is 0 Å². The Morgan fingerprint density at radius 2 is 1.61 bits per heavy atom. The van der Waals surface area contributed by atoms with Gasteiger partial charge in [0.15, 0.2) is 0 Å². The maximum Gasteiger partial charge on any atom is 0.433 e. The average Bonchev–Trinajstić information content (AvgIpc) is 2.74. The maximum absolute atomic E-state index is 13.3. The molecule has 4 rings (SSSR count). The van der Waals surface area contributed by atoms with E-state index < -0.39 is 11.9 Å². The number of benzene rings is 2. The molecule has 1 aromatic heterocycles. The van der Waals surface area contributed by atoms with E-state index in [0.29, 0.717) is 22.2 Å². The van der Waals surface area contributed by atoms with Gasteiger partial charge in [0.1, 0.15) is 5.69 Å². The van der Waals surface area contributed by atoms with Crippen LogP contribution in [-0.2, 0) is 6.18 Å². The third-order valence-corrected chi connectivity index (χ3v) is 5.82. The second kappa shape index (κ2) is 8.57. The Balaban J connectivity index is 1.43. The summed E-state index contributed by atoms with van der Waals surface area (Å²) in [5.41, 5.74) is 1.48. The van der Waals surface area contributed by atoms with Crippen LogP contribution in [0, 0.1) is 6.92 Å². The number of aromatic nitrogens is 1. The van der Waals surface area contributed by atoms with Crippen molar-refractivity contribution in [1.82, 2.24) is 10.3 Å². The molecule has 1 aliphatic rings. The number of halogens is 3. The van der Waals surface area contributed by atoms with Gasteiger partial charge >= 0.3 is 6.18 Å². The summed E-state index contributed by atoms with van der Waals surface area (Å²) >= 11 is 0. The molecule has 1 amide bonds. The highest BCUT2D eigenvalue weighted by Gasteiger charge is 2.34. The van der Waals surface area contributed by atoms with E-state index in [1.54, 1.807) is 24.3 Å². The fourth-order valence-corrected chi connectivity index (χ4v) is 4.13. The van der Waals surface area contributed by atoms with Gasteiger partial charge in [0.2, 0.25) is 0 Å². The molecule has 1 saturated carbocycles. The molecule has 7 heteroatoms. The van der Waals surface area contributed by atoms with Gasteiger partial charge in [0.05, 0.1) is 5.52 Å². The third-order valence-electron chi connectivity index (χ3n) is 5.82. The van der Waals surface area contributed by atoms with Crippen LogP contribution in [0.1, 0.15) is 47.3 Å². The molecular formula is C24H24F3N3O. The first-order chi connectivity index (χ1) is 14.8. The molecule has 0 unspecified atom stereocenters. The molecule has 3 aromatic rings. The Kier molecular flexibility index (Phi) is 5.85. The van der Waals surface area contributed by atoms with E-state index >= 15 is 0 Å². The fourth-order valence-electron chi connectivity index (χ4n) is 4.13. The molecule has 1 heterocycles. The monoisotopic (exact) mass is 427 g/mol. The number of amides is 1. The molecule has 0 aliphatic heterocycles. The van der Waals surface area contributed by atoms with E-state index in [2.05, 4.69) is 15.6 Å². The van der Waals surface area contributed by atoms with E-state index in [1.165, 1.54) is 0 Å². The zero-order valence-corrected chi connectivity index (χ0v) is 17.2. The summed E-state index contributed by atoms with van der Waals surface area (Å²) in [6.45, 7) is 1.91. The van der Waals surface area contributed by atoms with Crippen LogP contribution in [0.25, 0.3) is 10.9 Å². The number of anilines is 1. The minimum atomic E-state index is -4.50. The molecule has 2 N–H and O–H groups in total. The van der Waals surface area contributed by atoms with Crippen LogP contribution < -0.4 is 10.6 Å². The zero-order chi connectivity index (χ0) is 22.0. The summed E-state index contributed by atoms with van der Waals surface area (Å²) in [5.74, 6) is -0.0792. The minimum absolute atomic E-state index is 0.0403. The zero-order valence-electron chi connectivity index (χ0n) is 17.2. The first kappa shape index (κ1) is 21.2. The Bertz CT molecular complexity index is 1090. The van der Waals surface area contributed by atoms with Crippen molar-refractivity contribution in [2.45, 2.75) is 50.9 Å². The third kappa shape index (κ3) is 4.81. The van der Waals surface area contributed by atoms with Gasteiger partial charge < -0.3 is 10.6 Å². The van der Waals surface area contributed by atoms with Crippen LogP contribution >= 0.6 is 0 Å². The lowest BCUT2D eigenvalue weighted by molar-refractivity contribution is -0.140. The topological polar surface area (TPSA) is 54.0 Å². The van der Waals surface area contributed by atoms with Crippen molar-refractivity contribution < 1.29 is 18.0 Å². The number of nitrogens with one attached hydrogen (secondary N) is 2. The normalized spacial score (nSPS) is 19.2. The number of alkyl halides is 3. The van der Waals surface area contributed by atoms with Crippen molar-refractivity contribution in [1.29, 1.82) is 0 Å². The highest BCUT2D eigenvalue weighted by atomic mass is 19.4. The number of aryl methyl sites for hydroxylation is 1. The van der Waals surface area contributed by atoms with E-state index in [-0.39, 0.29) is 18.0 Å². The number of rotatable bonds is 4. The van der Waals surface area contributed by atoms with Gasteiger partial charge in [-0.25, -0.2) is 4.98 Å². The van der Waals surface area contributed by atoms with Gasteiger partial charge in [-0.15, -0.1) is 0 Å². The fraction of sp³-hybridized carbons (Fsp3) is 0.333. The number of hydrogen-bond donors (Lipinski definition) is 2. The lowest BCUT2D eigenvalue weighted by Gasteiger charge is -2.31. The first-order valence-corrected chi connectivity index (χ1v) is 10.4. The molecule has 0 atom stereocenters. The predicted molar refractivity (Wildman–Crippen MR) is 115 cm³/mol. The summed E-state index contributed by atoms with van der Waals surface area (Å²) in [4.78, 5) is 16.3. The molecule has 1 fully saturated rings. The molecular weight excluding hydrogens is 403 g/mol. The molecule has 2 aromatic carbocycles. The number of hydrogen-bond acceptors (Lipinski definition) is 3. The van der Waals surface area contributed by atoms with Gasteiger partial charge in [-0.05, 0) is 56.4 Å². The van der Waals surface area contributed by atoms with Gasteiger partial charge in [-0.1, -0.05) is 36.4 Å². The second-order valence-corrected chi connectivity index (χ2v) is 8.05. The average molecular weight is 427 g/mol. The molecule has 162 valence electrons. The minimum Gasteiger partial charge on any atom is -0.382 e. The molecule has 0 radical (unpaired) electrons. The summed E-state index contributed by atoms with van der Waals surface area (Å²) in [6, 6.07) is 15.5. The largest absolute Gasteiger partial charge is 0.433 e. The van der Waals surface area contributed by atoms with E-state index in [1.807, 2.05) is 31.2 Å². The Morgan fingerprint density at radius 3 is 2.32 bits per heavy atom. The molecule has 0 saturated heterocycles. The standard InChI is InChI=1S/C24H24F3N3O/c1-15-6-2-3-7-18(15)23(31)29-17-12-10-16(11-13-17)28-21-14-22(24(25,26)27)30-20-9-5-4-8-19(20)21/h2-9,14,16-17H,10-13H2,1H3,(H,28,30)(H,29,31)/t16-,17+. The Labute approximate surface area is 178 Å². The molecule has 0 spiro atoms. The highest BCUT2D eigenvalue weighted by Crippen LogP contribution is 2.34. The van der Waals surface area contributed by atoms with Gasteiger partial charge in [0.25, 0.3) is 5.91 Å². The molecule has 4 nitrogen and oxygen atoms in total. The van der Waals surface area contributed by atoms with Crippen molar-refractivity contribution in [2.24, 2.45) is 0 Å². The summed E-state index contributed by atoms with van der Waals surface area (Å²) < 4.78 is 39.9. The quantitative estimate of drug-likeness (QED) is 0.560. The summed E-state index contributed by atoms with van der Waals surface area (Å²) in [6.07, 6.45) is -1.44. The van der Waals surface area contributed by atoms with Crippen molar-refractivity contribution in [3.8, 4) is 0 Å². The van der Waals surface area contributed by atoms with Crippen molar-refractivity contribution in [2.75, 3.05) is 5.32 Å². The van der Waals surface area contributed by atoms with Crippen LogP contribution in [-0.4, -0.2) is 23.0 Å². The number of pyridine rings is 1. The predicted octanol–water partition coefficient (Wildman–Crippen LogP) is 5.72. The van der Waals surface area contributed by atoms with E-state index in [9.17, 15) is 18.0 Å². The second-order valence-electron chi connectivity index (χ2n) is 8.05. The van der Waals surface area contributed by atoms with Gasteiger partial charge in [0, 0.05) is 28.7 Å². The number of fused-ring (bicyclic) bond motifs is 1. The highest BCUT2D eigenvalue weighted by molar-refractivity contribution is 5.95. The van der Waals surface area contributed by atoms with Gasteiger partial charge in [-0.2, -0.15) is 13.2 Å². The number of para-hydroxylation sites is 1. The van der Waals surface area contributed by atoms with Crippen molar-refractivity contribution >= 4 is 22.5 Å². The number of nitrogens with zero attached hydrogens (tertiary/aromatic N) is 1. The first-order valence-electron chi connectivity index (χ1n) is 10.4. The van der Waals surface area contributed by atoms with Crippen LogP contribution in [0.15, 0.2) is 54.6 Å². The smallest absolute Gasteiger partial charge is 0.382 e. The lowest BCUT2D eigenvalue weighted by Crippen LogP contribution is -2.40. The number of carbonyl (C=O) groups excluding carboxylic acids is 1. The van der Waals surface area contributed by atoms with Crippen LogP contribution in [0.5, 0.6) is 0 Å². The van der Waals surface area contributed by atoms with Crippen LogP contribution in [0.4, 0.5) is 18.9 Å². The lowest BCUT2D eigenvalue weighted by atomic mass is 9.90. The molecule has 31 heavy (non-hydrogen) atoms. The number of carbonyl (C=O) groups is 1.